The van der Waals surface area contributed by atoms with Crippen LogP contribution in [0.5, 0.6) is 5.75 Å². The molecule has 3 heteroatoms. The summed E-state index contributed by atoms with van der Waals surface area (Å²) in [6.07, 6.45) is 7.87. The summed E-state index contributed by atoms with van der Waals surface area (Å²) in [5, 5.41) is 9.79. The van der Waals surface area contributed by atoms with Crippen LogP contribution in [0.3, 0.4) is 0 Å². The lowest BCUT2D eigenvalue weighted by Gasteiger charge is -2.56. The van der Waals surface area contributed by atoms with Crippen molar-refractivity contribution in [2.45, 2.75) is 57.3 Å². The van der Waals surface area contributed by atoms with E-state index in [1.165, 1.54) is 32.1 Å². The Bertz CT molecular complexity index is 504. The van der Waals surface area contributed by atoms with Crippen LogP contribution in [0.4, 0.5) is 0 Å². The number of rotatable bonds is 4. The van der Waals surface area contributed by atoms with Gasteiger partial charge in [0.05, 0.1) is 12.0 Å². The second-order valence-electron chi connectivity index (χ2n) is 6.76. The van der Waals surface area contributed by atoms with Crippen LogP contribution in [0, 0.1) is 5.41 Å². The Labute approximate surface area is 126 Å². The van der Waals surface area contributed by atoms with E-state index in [-0.39, 0.29) is 0 Å². The van der Waals surface area contributed by atoms with Gasteiger partial charge >= 0.3 is 5.97 Å². The van der Waals surface area contributed by atoms with Crippen molar-refractivity contribution in [3.05, 3.63) is 29.8 Å². The third-order valence-corrected chi connectivity index (χ3v) is 5.40. The molecule has 2 aliphatic rings. The number of ether oxygens (including phenoxy) is 1. The summed E-state index contributed by atoms with van der Waals surface area (Å²) in [5.74, 6) is 0.149. The van der Waals surface area contributed by atoms with Crippen molar-refractivity contribution < 1.29 is 14.6 Å². The Morgan fingerprint density at radius 1 is 1.14 bits per heavy atom. The molecule has 1 aromatic rings. The molecule has 0 unspecified atom stereocenters. The topological polar surface area (TPSA) is 46.5 Å². The fourth-order valence-electron chi connectivity index (χ4n) is 4.40. The normalized spacial score (nSPS) is 22.5. The molecule has 2 aliphatic carbocycles. The first kappa shape index (κ1) is 14.4. The van der Waals surface area contributed by atoms with E-state index in [2.05, 4.69) is 0 Å². The highest BCUT2D eigenvalue weighted by atomic mass is 16.5. The Morgan fingerprint density at radius 2 is 1.76 bits per heavy atom. The Balaban J connectivity index is 1.81. The molecule has 1 spiro atoms. The molecule has 2 fully saturated rings. The van der Waals surface area contributed by atoms with Gasteiger partial charge in [0.2, 0.25) is 0 Å². The van der Waals surface area contributed by atoms with Gasteiger partial charge in [-0.05, 0) is 55.7 Å². The predicted octanol–water partition coefficient (Wildman–Crippen LogP) is 4.15. The van der Waals surface area contributed by atoms with E-state index in [0.717, 1.165) is 24.2 Å². The molecule has 21 heavy (non-hydrogen) atoms. The van der Waals surface area contributed by atoms with Crippen LogP contribution >= 0.6 is 0 Å². The van der Waals surface area contributed by atoms with Crippen molar-refractivity contribution in [3.63, 3.8) is 0 Å². The van der Waals surface area contributed by atoms with E-state index in [9.17, 15) is 9.90 Å². The van der Waals surface area contributed by atoms with E-state index in [1.807, 2.05) is 31.2 Å². The van der Waals surface area contributed by atoms with Gasteiger partial charge in [0.25, 0.3) is 0 Å². The number of hydrogen-bond acceptors (Lipinski definition) is 2. The van der Waals surface area contributed by atoms with Crippen molar-refractivity contribution >= 4 is 5.97 Å². The highest BCUT2D eigenvalue weighted by molar-refractivity contribution is 5.83. The second kappa shape index (κ2) is 5.36. The van der Waals surface area contributed by atoms with Gasteiger partial charge < -0.3 is 9.84 Å². The quantitative estimate of drug-likeness (QED) is 0.905. The molecule has 3 rings (SSSR count). The van der Waals surface area contributed by atoms with Gasteiger partial charge in [0, 0.05) is 0 Å². The monoisotopic (exact) mass is 288 g/mol. The number of carbonyl (C=O) groups is 1. The molecule has 1 aromatic carbocycles. The molecule has 0 heterocycles. The standard InChI is InChI=1S/C18H24O3/c1-2-21-15-8-6-14(7-9-15)18(16(19)20)12-17(13-18)10-4-3-5-11-17/h6-9H,2-5,10-13H2,1H3,(H,19,20). The maximum absolute atomic E-state index is 11.9. The van der Waals surface area contributed by atoms with Gasteiger partial charge in [-0.25, -0.2) is 0 Å². The van der Waals surface area contributed by atoms with E-state index in [0.29, 0.717) is 12.0 Å². The van der Waals surface area contributed by atoms with Gasteiger partial charge in [-0.1, -0.05) is 31.4 Å². The number of hydrogen-bond donors (Lipinski definition) is 1. The van der Waals surface area contributed by atoms with Crippen molar-refractivity contribution in [3.8, 4) is 5.75 Å². The smallest absolute Gasteiger partial charge is 0.314 e. The first-order valence-corrected chi connectivity index (χ1v) is 8.07. The third-order valence-electron chi connectivity index (χ3n) is 5.40. The predicted molar refractivity (Wildman–Crippen MR) is 81.7 cm³/mol. The number of aliphatic carboxylic acids is 1. The van der Waals surface area contributed by atoms with Crippen LogP contribution < -0.4 is 4.74 Å². The summed E-state index contributed by atoms with van der Waals surface area (Å²) >= 11 is 0. The van der Waals surface area contributed by atoms with Crippen molar-refractivity contribution in [2.75, 3.05) is 6.61 Å². The fourth-order valence-corrected chi connectivity index (χ4v) is 4.40. The summed E-state index contributed by atoms with van der Waals surface area (Å²) in [6.45, 7) is 2.58. The van der Waals surface area contributed by atoms with Gasteiger partial charge in [-0.15, -0.1) is 0 Å². The summed E-state index contributed by atoms with van der Waals surface area (Å²) < 4.78 is 5.45. The molecular formula is C18H24O3. The fraction of sp³-hybridized carbons (Fsp3) is 0.611. The van der Waals surface area contributed by atoms with Crippen molar-refractivity contribution in [1.29, 1.82) is 0 Å². The number of carboxylic acids is 1. The molecule has 0 atom stereocenters. The van der Waals surface area contributed by atoms with Gasteiger partial charge in [0.1, 0.15) is 5.75 Å². The van der Waals surface area contributed by atoms with Crippen molar-refractivity contribution in [1.82, 2.24) is 0 Å². The van der Waals surface area contributed by atoms with Crippen LogP contribution in [0.1, 0.15) is 57.4 Å². The molecule has 2 saturated carbocycles. The van der Waals surface area contributed by atoms with E-state index < -0.39 is 11.4 Å². The summed E-state index contributed by atoms with van der Waals surface area (Å²) in [5.41, 5.74) is 0.576. The van der Waals surface area contributed by atoms with Gasteiger partial charge in [-0.2, -0.15) is 0 Å². The highest BCUT2D eigenvalue weighted by Gasteiger charge is 2.59. The van der Waals surface area contributed by atoms with E-state index in [1.54, 1.807) is 0 Å². The van der Waals surface area contributed by atoms with Gasteiger partial charge in [-0.3, -0.25) is 4.79 Å². The molecule has 0 aliphatic heterocycles. The first-order chi connectivity index (χ1) is 10.1. The number of carboxylic acid groups (broad SMARTS) is 1. The summed E-state index contributed by atoms with van der Waals surface area (Å²) in [4.78, 5) is 11.9. The average Bonchev–Trinajstić information content (AvgIpc) is 2.46. The largest absolute Gasteiger partial charge is 0.494 e. The third kappa shape index (κ3) is 2.43. The Kier molecular flexibility index (Phi) is 3.68. The second-order valence-corrected chi connectivity index (χ2v) is 6.76. The Hall–Kier alpha value is -1.51. The zero-order valence-corrected chi connectivity index (χ0v) is 12.7. The first-order valence-electron chi connectivity index (χ1n) is 8.07. The molecule has 114 valence electrons. The summed E-state index contributed by atoms with van der Waals surface area (Å²) in [6, 6.07) is 7.67. The van der Waals surface area contributed by atoms with Crippen molar-refractivity contribution in [2.24, 2.45) is 5.41 Å². The molecule has 0 amide bonds. The molecule has 0 aromatic heterocycles. The minimum atomic E-state index is -0.665. The Morgan fingerprint density at radius 3 is 2.29 bits per heavy atom. The highest BCUT2D eigenvalue weighted by Crippen LogP contribution is 2.62. The van der Waals surface area contributed by atoms with Gasteiger partial charge in [0.15, 0.2) is 0 Å². The SMILES string of the molecule is CCOc1ccc(C2(C(=O)O)CC3(CCCCC3)C2)cc1. The van der Waals surface area contributed by atoms with Crippen LogP contribution in [-0.4, -0.2) is 17.7 Å². The van der Waals surface area contributed by atoms with Crippen LogP contribution in [0.15, 0.2) is 24.3 Å². The lowest BCUT2D eigenvalue weighted by molar-refractivity contribution is -0.156. The molecule has 0 saturated heterocycles. The van der Waals surface area contributed by atoms with Crippen LogP contribution in [0.2, 0.25) is 0 Å². The molecular weight excluding hydrogens is 264 g/mol. The zero-order valence-electron chi connectivity index (χ0n) is 12.7. The van der Waals surface area contributed by atoms with Crippen LogP contribution in [-0.2, 0) is 10.2 Å². The maximum Gasteiger partial charge on any atom is 0.314 e. The zero-order chi connectivity index (χ0) is 14.9. The molecule has 0 bridgehead atoms. The minimum absolute atomic E-state index is 0.301. The lowest BCUT2D eigenvalue weighted by Crippen LogP contribution is -2.55. The van der Waals surface area contributed by atoms with E-state index >= 15 is 0 Å². The molecule has 1 N–H and O–H groups in total. The molecule has 3 nitrogen and oxygen atoms in total. The lowest BCUT2D eigenvalue weighted by atomic mass is 9.46. The van der Waals surface area contributed by atoms with Crippen LogP contribution in [0.25, 0.3) is 0 Å². The van der Waals surface area contributed by atoms with E-state index in [4.69, 9.17) is 4.74 Å². The average molecular weight is 288 g/mol. The maximum atomic E-state index is 11.9. The minimum Gasteiger partial charge on any atom is -0.494 e. The molecule has 0 radical (unpaired) electrons. The summed E-state index contributed by atoms with van der Waals surface area (Å²) in [7, 11) is 0. The number of benzene rings is 1.